The van der Waals surface area contributed by atoms with Crippen LogP contribution in [0.5, 0.6) is 17.2 Å². The van der Waals surface area contributed by atoms with Crippen LogP contribution in [0.4, 0.5) is 0 Å². The van der Waals surface area contributed by atoms with Crippen LogP contribution in [0.15, 0.2) is 17.1 Å². The number of hydrogen-bond acceptors (Lipinski definition) is 5. The number of hydrogen-bond donors (Lipinski definition) is 2. The minimum atomic E-state index is 0. The monoisotopic (exact) mass is 481 g/mol. The first-order valence-electron chi connectivity index (χ1n) is 8.58. The van der Waals surface area contributed by atoms with E-state index in [1.807, 2.05) is 26.0 Å². The Kier molecular flexibility index (Phi) is 13.9. The molecule has 0 unspecified atom stereocenters. The van der Waals surface area contributed by atoms with Crippen LogP contribution in [0.1, 0.15) is 25.8 Å². The van der Waals surface area contributed by atoms with Crippen LogP contribution in [0, 0.1) is 0 Å². The van der Waals surface area contributed by atoms with Gasteiger partial charge in [-0.25, -0.2) is 4.99 Å². The number of methoxy groups -OCH3 is 3. The lowest BCUT2D eigenvalue weighted by atomic mass is 10.1. The Hall–Kier alpha value is -1.42. The van der Waals surface area contributed by atoms with Crippen molar-refractivity contribution >= 4 is 29.9 Å². The molecule has 0 spiro atoms. The van der Waals surface area contributed by atoms with Crippen molar-refractivity contribution in [2.24, 2.45) is 4.99 Å². The van der Waals surface area contributed by atoms with Gasteiger partial charge in [0.25, 0.3) is 0 Å². The first kappa shape index (κ1) is 24.6. The van der Waals surface area contributed by atoms with Gasteiger partial charge in [0.05, 0.1) is 33.4 Å². The predicted molar refractivity (Wildman–Crippen MR) is 115 cm³/mol. The minimum absolute atomic E-state index is 0. The molecule has 0 bridgehead atoms. The average molecular weight is 481 g/mol. The van der Waals surface area contributed by atoms with Gasteiger partial charge >= 0.3 is 0 Å². The van der Waals surface area contributed by atoms with Crippen LogP contribution in [0.3, 0.4) is 0 Å². The van der Waals surface area contributed by atoms with Crippen LogP contribution in [-0.4, -0.2) is 53.6 Å². The second-order valence-electron chi connectivity index (χ2n) is 5.18. The molecule has 1 rings (SSSR count). The van der Waals surface area contributed by atoms with Gasteiger partial charge < -0.3 is 29.6 Å². The van der Waals surface area contributed by atoms with Gasteiger partial charge in [-0.1, -0.05) is 0 Å². The maximum Gasteiger partial charge on any atom is 0.191 e. The molecular weight excluding hydrogens is 449 g/mol. The molecule has 2 N–H and O–H groups in total. The van der Waals surface area contributed by atoms with E-state index in [9.17, 15) is 0 Å². The van der Waals surface area contributed by atoms with Gasteiger partial charge in [0.15, 0.2) is 5.96 Å². The van der Waals surface area contributed by atoms with E-state index in [2.05, 4.69) is 15.6 Å². The molecule has 1 aromatic carbocycles. The molecule has 150 valence electrons. The van der Waals surface area contributed by atoms with Crippen molar-refractivity contribution in [2.75, 3.05) is 47.6 Å². The number of halogens is 1. The van der Waals surface area contributed by atoms with E-state index in [0.717, 1.165) is 44.2 Å². The summed E-state index contributed by atoms with van der Waals surface area (Å²) >= 11 is 0. The van der Waals surface area contributed by atoms with Gasteiger partial charge in [0.2, 0.25) is 0 Å². The SMILES string of the molecule is CCNC(=NCc1c(OC)cc(OC)cc1OC)NCCCOCC.I. The summed E-state index contributed by atoms with van der Waals surface area (Å²) in [6.07, 6.45) is 0.924. The quantitative estimate of drug-likeness (QED) is 0.219. The molecule has 0 saturated heterocycles. The third-order valence-electron chi connectivity index (χ3n) is 3.52. The maximum absolute atomic E-state index is 5.46. The van der Waals surface area contributed by atoms with E-state index in [0.29, 0.717) is 23.8 Å². The van der Waals surface area contributed by atoms with Crippen LogP contribution in [-0.2, 0) is 11.3 Å². The number of ether oxygens (including phenoxy) is 4. The number of nitrogens with one attached hydrogen (secondary N) is 2. The zero-order valence-corrected chi connectivity index (χ0v) is 18.7. The fourth-order valence-corrected chi connectivity index (χ4v) is 2.26. The summed E-state index contributed by atoms with van der Waals surface area (Å²) in [6.45, 7) is 7.52. The Bertz CT molecular complexity index is 516. The largest absolute Gasteiger partial charge is 0.496 e. The summed E-state index contributed by atoms with van der Waals surface area (Å²) in [5.74, 6) is 2.81. The number of benzene rings is 1. The zero-order valence-electron chi connectivity index (χ0n) is 16.4. The fourth-order valence-electron chi connectivity index (χ4n) is 2.26. The lowest BCUT2D eigenvalue weighted by Crippen LogP contribution is -2.38. The van der Waals surface area contributed by atoms with Gasteiger partial charge in [-0.05, 0) is 20.3 Å². The van der Waals surface area contributed by atoms with Crippen molar-refractivity contribution in [2.45, 2.75) is 26.8 Å². The van der Waals surface area contributed by atoms with Crippen molar-refractivity contribution in [3.8, 4) is 17.2 Å². The van der Waals surface area contributed by atoms with Crippen LogP contribution >= 0.6 is 24.0 Å². The molecule has 26 heavy (non-hydrogen) atoms. The maximum atomic E-state index is 5.46. The molecule has 0 aliphatic rings. The van der Waals surface area contributed by atoms with E-state index in [1.54, 1.807) is 21.3 Å². The second kappa shape index (κ2) is 14.7. The van der Waals surface area contributed by atoms with Crippen LogP contribution < -0.4 is 24.8 Å². The van der Waals surface area contributed by atoms with E-state index in [-0.39, 0.29) is 24.0 Å². The molecule has 0 radical (unpaired) electrons. The highest BCUT2D eigenvalue weighted by molar-refractivity contribution is 14.0. The molecule has 0 fully saturated rings. The normalized spacial score (nSPS) is 10.7. The summed E-state index contributed by atoms with van der Waals surface area (Å²) in [5, 5.41) is 6.53. The van der Waals surface area contributed by atoms with Crippen molar-refractivity contribution in [3.05, 3.63) is 17.7 Å². The molecule has 0 atom stereocenters. The van der Waals surface area contributed by atoms with Gasteiger partial charge in [-0.3, -0.25) is 0 Å². The van der Waals surface area contributed by atoms with E-state index >= 15 is 0 Å². The number of guanidine groups is 1. The Morgan fingerprint density at radius 3 is 2.15 bits per heavy atom. The number of aliphatic imine (C=N–C) groups is 1. The molecule has 0 amide bonds. The Morgan fingerprint density at radius 2 is 1.65 bits per heavy atom. The van der Waals surface area contributed by atoms with E-state index in [4.69, 9.17) is 18.9 Å². The highest BCUT2D eigenvalue weighted by Gasteiger charge is 2.13. The van der Waals surface area contributed by atoms with Crippen molar-refractivity contribution in [3.63, 3.8) is 0 Å². The lowest BCUT2D eigenvalue weighted by Gasteiger charge is -2.15. The topological polar surface area (TPSA) is 73.3 Å². The minimum Gasteiger partial charge on any atom is -0.496 e. The molecule has 7 nitrogen and oxygen atoms in total. The van der Waals surface area contributed by atoms with Gasteiger partial charge in [0.1, 0.15) is 17.2 Å². The first-order valence-corrected chi connectivity index (χ1v) is 8.58. The summed E-state index contributed by atoms with van der Waals surface area (Å²) in [6, 6.07) is 3.66. The van der Waals surface area contributed by atoms with E-state index in [1.165, 1.54) is 0 Å². The Labute approximate surface area is 173 Å². The third kappa shape index (κ3) is 8.31. The summed E-state index contributed by atoms with van der Waals surface area (Å²) < 4.78 is 21.5. The predicted octanol–water partition coefficient (Wildman–Crippen LogP) is 2.81. The van der Waals surface area contributed by atoms with Gasteiger partial charge in [-0.15, -0.1) is 24.0 Å². The first-order chi connectivity index (χ1) is 12.2. The molecule has 0 heterocycles. The average Bonchev–Trinajstić information content (AvgIpc) is 2.64. The van der Waals surface area contributed by atoms with Crippen molar-refractivity contribution < 1.29 is 18.9 Å². The molecule has 0 aromatic heterocycles. The zero-order chi connectivity index (χ0) is 18.5. The molecule has 0 aliphatic heterocycles. The van der Waals surface area contributed by atoms with Crippen molar-refractivity contribution in [1.29, 1.82) is 0 Å². The Morgan fingerprint density at radius 1 is 1.00 bits per heavy atom. The van der Waals surface area contributed by atoms with Gasteiger partial charge in [-0.2, -0.15) is 0 Å². The number of nitrogens with zero attached hydrogens (tertiary/aromatic N) is 1. The smallest absolute Gasteiger partial charge is 0.191 e. The Balaban J connectivity index is 0.00000625. The third-order valence-corrected chi connectivity index (χ3v) is 3.52. The molecule has 1 aromatic rings. The molecule has 8 heteroatoms. The lowest BCUT2D eigenvalue weighted by molar-refractivity contribution is 0.145. The standard InChI is InChI=1S/C18H31N3O4.HI/c1-6-19-18(20-9-8-10-25-7-2)21-13-15-16(23-4)11-14(22-3)12-17(15)24-5;/h11-12H,6-10,13H2,1-5H3,(H2,19,20,21);1H. The molecule has 0 saturated carbocycles. The van der Waals surface area contributed by atoms with Crippen LogP contribution in [0.25, 0.3) is 0 Å². The van der Waals surface area contributed by atoms with Gasteiger partial charge in [0, 0.05) is 38.4 Å². The van der Waals surface area contributed by atoms with Crippen LogP contribution in [0.2, 0.25) is 0 Å². The van der Waals surface area contributed by atoms with E-state index < -0.39 is 0 Å². The molecule has 0 aliphatic carbocycles. The molecular formula is C18H32IN3O4. The number of rotatable bonds is 11. The highest BCUT2D eigenvalue weighted by atomic mass is 127. The highest BCUT2D eigenvalue weighted by Crippen LogP contribution is 2.34. The summed E-state index contributed by atoms with van der Waals surface area (Å²) in [4.78, 5) is 4.63. The second-order valence-corrected chi connectivity index (χ2v) is 5.18. The fraction of sp³-hybridized carbons (Fsp3) is 0.611. The summed E-state index contributed by atoms with van der Waals surface area (Å²) in [5.41, 5.74) is 0.873. The summed E-state index contributed by atoms with van der Waals surface area (Å²) in [7, 11) is 4.86. The van der Waals surface area contributed by atoms with Crippen molar-refractivity contribution in [1.82, 2.24) is 10.6 Å².